The van der Waals surface area contributed by atoms with Crippen LogP contribution in [0.15, 0.2) is 10.8 Å². The molecular weight excluding hydrogens is 164 g/mol. The Morgan fingerprint density at radius 1 is 1.25 bits per heavy atom. The molecule has 0 saturated heterocycles. The van der Waals surface area contributed by atoms with E-state index in [0.717, 1.165) is 24.8 Å². The van der Waals surface area contributed by atoms with E-state index in [4.69, 9.17) is 0 Å². The Labute approximate surface area is 75.9 Å². The second-order valence-electron chi connectivity index (χ2n) is 4.63. The van der Waals surface area contributed by atoms with E-state index < -0.39 is 8.07 Å². The van der Waals surface area contributed by atoms with Crippen LogP contribution >= 0.6 is 0 Å². The largest absolute Gasteiger partial charge is 0.295 e. The SMILES string of the molecule is C/C(=C1\CCCC1=O)[Si](C)(C)C. The van der Waals surface area contributed by atoms with Crippen LogP contribution in [0.2, 0.25) is 19.6 Å². The van der Waals surface area contributed by atoms with E-state index in [2.05, 4.69) is 26.6 Å². The fourth-order valence-corrected chi connectivity index (χ4v) is 2.74. The third-order valence-corrected chi connectivity index (χ3v) is 5.30. The van der Waals surface area contributed by atoms with E-state index in [-0.39, 0.29) is 0 Å². The first kappa shape index (κ1) is 9.71. The molecule has 0 atom stereocenters. The average Bonchev–Trinajstić information content (AvgIpc) is 2.31. The molecule has 1 aliphatic rings. The summed E-state index contributed by atoms with van der Waals surface area (Å²) in [6.45, 7) is 9.08. The molecule has 0 aromatic rings. The summed E-state index contributed by atoms with van der Waals surface area (Å²) in [5, 5.41) is 1.42. The van der Waals surface area contributed by atoms with Crippen molar-refractivity contribution in [3.05, 3.63) is 10.8 Å². The zero-order valence-electron chi connectivity index (χ0n) is 8.53. The summed E-state index contributed by atoms with van der Waals surface area (Å²) in [6, 6.07) is 0. The van der Waals surface area contributed by atoms with Crippen LogP contribution in [0.5, 0.6) is 0 Å². The number of ketones is 1. The maximum absolute atomic E-state index is 11.4. The van der Waals surface area contributed by atoms with Crippen LogP contribution in [-0.4, -0.2) is 13.9 Å². The molecule has 0 aromatic carbocycles. The summed E-state index contributed by atoms with van der Waals surface area (Å²) < 4.78 is 0. The van der Waals surface area contributed by atoms with Crippen molar-refractivity contribution in [3.8, 4) is 0 Å². The van der Waals surface area contributed by atoms with Crippen LogP contribution in [0.3, 0.4) is 0 Å². The summed E-state index contributed by atoms with van der Waals surface area (Å²) in [5.74, 6) is 0.412. The topological polar surface area (TPSA) is 17.1 Å². The van der Waals surface area contributed by atoms with Crippen LogP contribution in [0, 0.1) is 0 Å². The number of allylic oxidation sites excluding steroid dienone is 2. The normalized spacial score (nSPS) is 23.2. The monoisotopic (exact) mass is 182 g/mol. The van der Waals surface area contributed by atoms with Gasteiger partial charge in [0.1, 0.15) is 0 Å². The molecule has 12 heavy (non-hydrogen) atoms. The third-order valence-electron chi connectivity index (χ3n) is 2.74. The quantitative estimate of drug-likeness (QED) is 0.450. The van der Waals surface area contributed by atoms with E-state index in [9.17, 15) is 4.79 Å². The molecule has 1 rings (SSSR count). The van der Waals surface area contributed by atoms with Gasteiger partial charge in [-0.15, -0.1) is 0 Å². The van der Waals surface area contributed by atoms with Gasteiger partial charge >= 0.3 is 0 Å². The van der Waals surface area contributed by atoms with Crippen molar-refractivity contribution in [1.29, 1.82) is 0 Å². The van der Waals surface area contributed by atoms with Crippen LogP contribution in [-0.2, 0) is 4.79 Å². The van der Waals surface area contributed by atoms with Gasteiger partial charge in [-0.2, -0.15) is 0 Å². The third kappa shape index (κ3) is 1.86. The minimum Gasteiger partial charge on any atom is -0.295 e. The zero-order valence-corrected chi connectivity index (χ0v) is 9.53. The minimum absolute atomic E-state index is 0.412. The van der Waals surface area contributed by atoms with Crippen LogP contribution in [0.25, 0.3) is 0 Å². The molecule has 0 radical (unpaired) electrons. The molecule has 68 valence electrons. The predicted molar refractivity (Wildman–Crippen MR) is 54.9 cm³/mol. The molecule has 0 aromatic heterocycles. The number of hydrogen-bond donors (Lipinski definition) is 0. The molecule has 1 aliphatic carbocycles. The summed E-state index contributed by atoms with van der Waals surface area (Å²) >= 11 is 0. The fourth-order valence-electron chi connectivity index (χ4n) is 1.57. The van der Waals surface area contributed by atoms with Crippen molar-refractivity contribution in [3.63, 3.8) is 0 Å². The molecule has 1 saturated carbocycles. The van der Waals surface area contributed by atoms with E-state index in [0.29, 0.717) is 5.78 Å². The maximum atomic E-state index is 11.4. The van der Waals surface area contributed by atoms with E-state index in [1.54, 1.807) is 0 Å². The lowest BCUT2D eigenvalue weighted by atomic mass is 10.2. The molecule has 0 N–H and O–H groups in total. The molecule has 0 spiro atoms. The maximum Gasteiger partial charge on any atom is 0.158 e. The molecule has 1 fully saturated rings. The Balaban J connectivity index is 2.97. The average molecular weight is 182 g/mol. The number of carbonyl (C=O) groups is 1. The van der Waals surface area contributed by atoms with Gasteiger partial charge in [0.15, 0.2) is 5.78 Å². The lowest BCUT2D eigenvalue weighted by molar-refractivity contribution is -0.114. The molecule has 0 aliphatic heterocycles. The van der Waals surface area contributed by atoms with Crippen molar-refractivity contribution < 1.29 is 4.79 Å². The van der Waals surface area contributed by atoms with E-state index in [1.165, 1.54) is 5.20 Å². The summed E-state index contributed by atoms with van der Waals surface area (Å²) in [4.78, 5) is 11.4. The zero-order chi connectivity index (χ0) is 9.35. The molecule has 0 unspecified atom stereocenters. The second-order valence-corrected chi connectivity index (χ2v) is 9.88. The first-order valence-electron chi connectivity index (χ1n) is 4.66. The van der Waals surface area contributed by atoms with Gasteiger partial charge in [-0.25, -0.2) is 0 Å². The highest BCUT2D eigenvalue weighted by molar-refractivity contribution is 6.83. The van der Waals surface area contributed by atoms with Crippen molar-refractivity contribution in [1.82, 2.24) is 0 Å². The van der Waals surface area contributed by atoms with Gasteiger partial charge in [0.25, 0.3) is 0 Å². The first-order chi connectivity index (χ1) is 5.43. The standard InChI is InChI=1S/C10H18OSi/c1-8(12(2,3)4)9-6-5-7-10(9)11/h5-7H2,1-4H3/b9-8-. The van der Waals surface area contributed by atoms with Crippen LogP contribution < -0.4 is 0 Å². The molecule has 0 amide bonds. The Kier molecular flexibility index (Phi) is 2.57. The number of rotatable bonds is 1. The molecule has 0 heterocycles. The lowest BCUT2D eigenvalue weighted by Gasteiger charge is -2.19. The number of Topliss-reactive ketones (excluding diaryl/α,β-unsaturated/α-hetero) is 1. The van der Waals surface area contributed by atoms with Gasteiger partial charge < -0.3 is 0 Å². The van der Waals surface area contributed by atoms with Gasteiger partial charge in [0, 0.05) is 6.42 Å². The highest BCUT2D eigenvalue weighted by atomic mass is 28.3. The second kappa shape index (κ2) is 3.17. The Bertz CT molecular complexity index is 233. The lowest BCUT2D eigenvalue weighted by Crippen LogP contribution is -2.24. The molecule has 1 nitrogen and oxygen atoms in total. The summed E-state index contributed by atoms with van der Waals surface area (Å²) in [5.41, 5.74) is 1.16. The van der Waals surface area contributed by atoms with Crippen LogP contribution in [0.1, 0.15) is 26.2 Å². The first-order valence-corrected chi connectivity index (χ1v) is 8.16. The van der Waals surface area contributed by atoms with Gasteiger partial charge in [-0.1, -0.05) is 24.8 Å². The predicted octanol–water partition coefficient (Wildman–Crippen LogP) is 2.93. The fraction of sp³-hybridized carbons (Fsp3) is 0.700. The van der Waals surface area contributed by atoms with Gasteiger partial charge in [-0.05, 0) is 25.3 Å². The van der Waals surface area contributed by atoms with Gasteiger partial charge in [0.2, 0.25) is 0 Å². The smallest absolute Gasteiger partial charge is 0.158 e. The Morgan fingerprint density at radius 3 is 2.17 bits per heavy atom. The van der Waals surface area contributed by atoms with E-state index in [1.807, 2.05) is 0 Å². The van der Waals surface area contributed by atoms with Crippen molar-refractivity contribution in [2.24, 2.45) is 0 Å². The number of hydrogen-bond acceptors (Lipinski definition) is 1. The van der Waals surface area contributed by atoms with Crippen LogP contribution in [0.4, 0.5) is 0 Å². The molecular formula is C10H18OSi. The van der Waals surface area contributed by atoms with Crippen molar-refractivity contribution >= 4 is 13.9 Å². The number of carbonyl (C=O) groups excluding carboxylic acids is 1. The molecule has 0 bridgehead atoms. The van der Waals surface area contributed by atoms with Crippen molar-refractivity contribution in [2.75, 3.05) is 0 Å². The van der Waals surface area contributed by atoms with Gasteiger partial charge in [-0.3, -0.25) is 4.79 Å². The Morgan fingerprint density at radius 2 is 1.83 bits per heavy atom. The molecule has 2 heteroatoms. The summed E-state index contributed by atoms with van der Waals surface area (Å²) in [7, 11) is -1.21. The minimum atomic E-state index is -1.21. The van der Waals surface area contributed by atoms with Gasteiger partial charge in [0.05, 0.1) is 8.07 Å². The summed E-state index contributed by atoms with van der Waals surface area (Å²) in [6.07, 6.45) is 2.90. The highest BCUT2D eigenvalue weighted by Gasteiger charge is 2.25. The van der Waals surface area contributed by atoms with E-state index >= 15 is 0 Å². The van der Waals surface area contributed by atoms with Crippen molar-refractivity contribution in [2.45, 2.75) is 45.8 Å². The Hall–Kier alpha value is -0.373. The highest BCUT2D eigenvalue weighted by Crippen LogP contribution is 2.28.